The molecule has 1 unspecified atom stereocenters. The molecular formula is C17H22ClN5O4. The van der Waals surface area contributed by atoms with Gasteiger partial charge in [-0.15, -0.1) is 0 Å². The third-order valence-corrected chi connectivity index (χ3v) is 4.86. The van der Waals surface area contributed by atoms with Crippen LogP contribution in [0.25, 0.3) is 0 Å². The monoisotopic (exact) mass is 395 g/mol. The lowest BCUT2D eigenvalue weighted by Gasteiger charge is -2.23. The molecule has 9 nitrogen and oxygen atoms in total. The van der Waals surface area contributed by atoms with Crippen molar-refractivity contribution in [3.05, 3.63) is 45.1 Å². The van der Waals surface area contributed by atoms with Crippen molar-refractivity contribution >= 4 is 23.0 Å². The second kappa shape index (κ2) is 8.64. The van der Waals surface area contributed by atoms with Crippen LogP contribution in [0.15, 0.2) is 22.7 Å². The van der Waals surface area contributed by atoms with E-state index in [-0.39, 0.29) is 16.7 Å². The van der Waals surface area contributed by atoms with Crippen molar-refractivity contribution in [3.63, 3.8) is 0 Å². The van der Waals surface area contributed by atoms with Crippen molar-refractivity contribution in [2.45, 2.75) is 26.0 Å². The number of methoxy groups -OCH3 is 1. The third kappa shape index (κ3) is 4.74. The van der Waals surface area contributed by atoms with Crippen molar-refractivity contribution in [1.29, 1.82) is 0 Å². The second-order valence-corrected chi connectivity index (χ2v) is 6.87. The number of anilines is 1. The first-order valence-electron chi connectivity index (χ1n) is 8.74. The summed E-state index contributed by atoms with van der Waals surface area (Å²) in [6.45, 7) is 5.37. The van der Waals surface area contributed by atoms with Crippen molar-refractivity contribution in [2.24, 2.45) is 0 Å². The van der Waals surface area contributed by atoms with Crippen molar-refractivity contribution in [3.8, 4) is 0 Å². The summed E-state index contributed by atoms with van der Waals surface area (Å²) in [6.07, 6.45) is 0.655. The van der Waals surface area contributed by atoms with Crippen LogP contribution >= 0.6 is 11.6 Å². The SMILES string of the molecule is COC(C)c1noc(CN2CCCN(c3ccc(Cl)cc3[N+](=O)[O-])CC2)n1. The van der Waals surface area contributed by atoms with Gasteiger partial charge < -0.3 is 14.2 Å². The number of benzene rings is 1. The molecule has 1 aliphatic heterocycles. The van der Waals surface area contributed by atoms with Gasteiger partial charge in [-0.25, -0.2) is 0 Å². The van der Waals surface area contributed by atoms with Gasteiger partial charge in [0.15, 0.2) is 5.82 Å². The zero-order valence-corrected chi connectivity index (χ0v) is 16.1. The summed E-state index contributed by atoms with van der Waals surface area (Å²) >= 11 is 5.92. The van der Waals surface area contributed by atoms with Crippen molar-refractivity contribution < 1.29 is 14.2 Å². The predicted octanol–water partition coefficient (Wildman–Crippen LogP) is 3.05. The molecular weight excluding hydrogens is 374 g/mol. The minimum atomic E-state index is -0.388. The first kappa shape index (κ1) is 19.5. The highest BCUT2D eigenvalue weighted by atomic mass is 35.5. The Hall–Kier alpha value is -2.23. The van der Waals surface area contributed by atoms with Gasteiger partial charge in [0.05, 0.1) is 11.5 Å². The fraction of sp³-hybridized carbons (Fsp3) is 0.529. The summed E-state index contributed by atoms with van der Waals surface area (Å²) in [7, 11) is 1.60. The Balaban J connectivity index is 1.66. The first-order valence-corrected chi connectivity index (χ1v) is 9.12. The number of nitrogens with zero attached hydrogens (tertiary/aromatic N) is 5. The molecule has 0 aliphatic carbocycles. The number of halogens is 1. The van der Waals surface area contributed by atoms with Crippen LogP contribution in [0.3, 0.4) is 0 Å². The van der Waals surface area contributed by atoms with Crippen molar-refractivity contribution in [2.75, 3.05) is 38.2 Å². The number of nitro groups is 1. The van der Waals surface area contributed by atoms with E-state index in [2.05, 4.69) is 15.0 Å². The molecule has 1 aromatic heterocycles. The van der Waals surface area contributed by atoms with Crippen LogP contribution in [-0.2, 0) is 11.3 Å². The molecule has 0 bridgehead atoms. The molecule has 10 heteroatoms. The largest absolute Gasteiger partial charge is 0.374 e. The smallest absolute Gasteiger partial charge is 0.294 e. The maximum Gasteiger partial charge on any atom is 0.294 e. The molecule has 27 heavy (non-hydrogen) atoms. The van der Waals surface area contributed by atoms with Gasteiger partial charge in [-0.05, 0) is 25.5 Å². The van der Waals surface area contributed by atoms with E-state index in [1.807, 2.05) is 11.8 Å². The minimum Gasteiger partial charge on any atom is -0.374 e. The van der Waals surface area contributed by atoms with Crippen LogP contribution in [0.4, 0.5) is 11.4 Å². The summed E-state index contributed by atoms with van der Waals surface area (Å²) < 4.78 is 10.5. The summed E-state index contributed by atoms with van der Waals surface area (Å²) in [5.74, 6) is 1.07. The molecule has 2 heterocycles. The van der Waals surface area contributed by atoms with Gasteiger partial charge in [-0.1, -0.05) is 16.8 Å². The van der Waals surface area contributed by atoms with E-state index < -0.39 is 0 Å². The molecule has 0 saturated carbocycles. The molecule has 2 aromatic rings. The number of hydrogen-bond donors (Lipinski definition) is 0. The van der Waals surface area contributed by atoms with Crippen LogP contribution in [0, 0.1) is 10.1 Å². The standard InChI is InChI=1S/C17H22ClN5O4/c1-12(26-2)17-19-16(27-20-17)11-21-6-3-7-22(9-8-21)14-5-4-13(18)10-15(14)23(24)25/h4-5,10,12H,3,6-9,11H2,1-2H3. The highest BCUT2D eigenvalue weighted by Crippen LogP contribution is 2.31. The fourth-order valence-corrected chi connectivity index (χ4v) is 3.24. The van der Waals surface area contributed by atoms with E-state index in [4.69, 9.17) is 20.9 Å². The molecule has 1 saturated heterocycles. The van der Waals surface area contributed by atoms with E-state index in [0.717, 1.165) is 26.1 Å². The maximum absolute atomic E-state index is 11.4. The number of rotatable bonds is 6. The number of hydrogen-bond acceptors (Lipinski definition) is 8. The van der Waals surface area contributed by atoms with Gasteiger partial charge in [0.1, 0.15) is 11.8 Å². The topological polar surface area (TPSA) is 97.8 Å². The number of nitro benzene ring substituents is 1. The molecule has 0 N–H and O–H groups in total. The van der Waals surface area contributed by atoms with Gasteiger partial charge >= 0.3 is 0 Å². The third-order valence-electron chi connectivity index (χ3n) is 4.62. The second-order valence-electron chi connectivity index (χ2n) is 6.43. The lowest BCUT2D eigenvalue weighted by Crippen LogP contribution is -2.31. The average Bonchev–Trinajstić information content (AvgIpc) is 2.99. The Morgan fingerprint density at radius 1 is 1.37 bits per heavy atom. The zero-order chi connectivity index (χ0) is 19.4. The van der Waals surface area contributed by atoms with Crippen LogP contribution in [0.2, 0.25) is 5.02 Å². The molecule has 1 aromatic carbocycles. The Morgan fingerprint density at radius 3 is 2.93 bits per heavy atom. The van der Waals surface area contributed by atoms with Gasteiger partial charge in [0.2, 0.25) is 5.89 Å². The fourth-order valence-electron chi connectivity index (χ4n) is 3.07. The van der Waals surface area contributed by atoms with Crippen LogP contribution in [0.1, 0.15) is 31.2 Å². The van der Waals surface area contributed by atoms with Gasteiger partial charge in [0, 0.05) is 44.4 Å². The predicted molar refractivity (Wildman–Crippen MR) is 99.9 cm³/mol. The Kier molecular flexibility index (Phi) is 6.25. The number of ether oxygens (including phenoxy) is 1. The van der Waals surface area contributed by atoms with Crippen molar-refractivity contribution in [1.82, 2.24) is 15.0 Å². The number of aromatic nitrogens is 2. The summed E-state index contributed by atoms with van der Waals surface area (Å²) in [5.41, 5.74) is 0.631. The molecule has 0 radical (unpaired) electrons. The van der Waals surface area contributed by atoms with E-state index in [1.54, 1.807) is 19.2 Å². The van der Waals surface area contributed by atoms with Gasteiger partial charge in [-0.3, -0.25) is 15.0 Å². The Labute approximate surface area is 162 Å². The van der Waals surface area contributed by atoms with Crippen LogP contribution in [-0.4, -0.2) is 53.3 Å². The highest BCUT2D eigenvalue weighted by Gasteiger charge is 2.23. The van der Waals surface area contributed by atoms with Crippen LogP contribution in [0.5, 0.6) is 0 Å². The molecule has 1 atom stereocenters. The highest BCUT2D eigenvalue weighted by molar-refractivity contribution is 6.30. The maximum atomic E-state index is 11.4. The lowest BCUT2D eigenvalue weighted by atomic mass is 10.2. The summed E-state index contributed by atoms with van der Waals surface area (Å²) in [6, 6.07) is 4.80. The Bertz CT molecular complexity index is 799. The molecule has 3 rings (SSSR count). The molecule has 1 fully saturated rings. The van der Waals surface area contributed by atoms with E-state index in [1.165, 1.54) is 6.07 Å². The molecule has 146 valence electrons. The van der Waals surface area contributed by atoms with E-state index >= 15 is 0 Å². The van der Waals surface area contributed by atoms with Gasteiger partial charge in [-0.2, -0.15) is 4.98 Å². The quantitative estimate of drug-likeness (QED) is 0.543. The normalized spacial score (nSPS) is 16.9. The summed E-state index contributed by atoms with van der Waals surface area (Å²) in [4.78, 5) is 19.6. The lowest BCUT2D eigenvalue weighted by molar-refractivity contribution is -0.384. The molecule has 1 aliphatic rings. The van der Waals surface area contributed by atoms with Gasteiger partial charge in [0.25, 0.3) is 5.69 Å². The van der Waals surface area contributed by atoms with Crippen LogP contribution < -0.4 is 4.90 Å². The van der Waals surface area contributed by atoms with E-state index in [0.29, 0.717) is 35.5 Å². The zero-order valence-electron chi connectivity index (χ0n) is 15.3. The first-order chi connectivity index (χ1) is 13.0. The molecule has 0 amide bonds. The molecule has 0 spiro atoms. The summed E-state index contributed by atoms with van der Waals surface area (Å²) in [5, 5.41) is 15.7. The minimum absolute atomic E-state index is 0.0334. The van der Waals surface area contributed by atoms with E-state index in [9.17, 15) is 10.1 Å². The average molecular weight is 396 g/mol. The Morgan fingerprint density at radius 2 is 2.19 bits per heavy atom.